The van der Waals surface area contributed by atoms with E-state index in [9.17, 15) is 14.7 Å². The summed E-state index contributed by atoms with van der Waals surface area (Å²) in [6, 6.07) is 4.94. The molecule has 0 saturated carbocycles. The largest absolute Gasteiger partial charge is 0.516 e. The average Bonchev–Trinajstić information content (AvgIpc) is 2.54. The molecule has 1 aromatic carbocycles. The molecule has 2 rings (SSSR count). The summed E-state index contributed by atoms with van der Waals surface area (Å²) < 4.78 is 0. The zero-order valence-electron chi connectivity index (χ0n) is 14.0. The molecule has 0 fully saturated rings. The zero-order chi connectivity index (χ0) is 17.5. The topological polar surface area (TPSA) is 74.6 Å². The molecule has 0 spiro atoms. The molecule has 0 atom stereocenters. The molecule has 0 radical (unpaired) electrons. The number of unbranched alkanes of at least 4 members (excludes halogenated alkanes) is 1. The molecule has 0 heterocycles. The molecule has 1 aromatic rings. The van der Waals surface area contributed by atoms with Gasteiger partial charge >= 0.3 is 5.97 Å². The molecule has 0 aromatic heterocycles. The number of carboxylic acid groups (broad SMARTS) is 1. The highest BCUT2D eigenvalue weighted by molar-refractivity contribution is 6.15. The van der Waals surface area contributed by atoms with Crippen molar-refractivity contribution in [3.63, 3.8) is 0 Å². The second-order valence-corrected chi connectivity index (χ2v) is 6.12. The Bertz CT molecular complexity index is 683. The van der Waals surface area contributed by atoms with E-state index in [2.05, 4.69) is 6.92 Å². The summed E-state index contributed by atoms with van der Waals surface area (Å²) in [7, 11) is 0. The van der Waals surface area contributed by atoms with Gasteiger partial charge in [-0.05, 0) is 67.9 Å². The van der Waals surface area contributed by atoms with Crippen LogP contribution in [0.5, 0.6) is 0 Å². The molecule has 0 saturated heterocycles. The van der Waals surface area contributed by atoms with Gasteiger partial charge in [0.05, 0.1) is 11.8 Å². The van der Waals surface area contributed by atoms with Crippen LogP contribution in [0.1, 0.15) is 71.7 Å². The van der Waals surface area contributed by atoms with Gasteiger partial charge in [0.25, 0.3) is 0 Å². The summed E-state index contributed by atoms with van der Waals surface area (Å²) in [6.07, 6.45) is 8.69. The Kier molecular flexibility index (Phi) is 6.36. The monoisotopic (exact) mass is 328 g/mol. The van der Waals surface area contributed by atoms with Crippen molar-refractivity contribution in [3.8, 4) is 0 Å². The van der Waals surface area contributed by atoms with Gasteiger partial charge in [0, 0.05) is 5.56 Å². The molecule has 128 valence electrons. The van der Waals surface area contributed by atoms with Gasteiger partial charge in [0.15, 0.2) is 5.78 Å². The number of aryl methyl sites for hydroxylation is 1. The number of allylic oxidation sites excluding steroid dienone is 3. The van der Waals surface area contributed by atoms with E-state index >= 15 is 0 Å². The van der Waals surface area contributed by atoms with Crippen molar-refractivity contribution in [2.24, 2.45) is 0 Å². The number of carboxylic acids is 1. The van der Waals surface area contributed by atoms with Gasteiger partial charge in [0.2, 0.25) is 0 Å². The van der Waals surface area contributed by atoms with Crippen LogP contribution in [-0.4, -0.2) is 22.0 Å². The van der Waals surface area contributed by atoms with Gasteiger partial charge < -0.3 is 10.2 Å². The van der Waals surface area contributed by atoms with Crippen LogP contribution in [-0.2, 0) is 6.42 Å². The minimum absolute atomic E-state index is 0.0655. The van der Waals surface area contributed by atoms with Gasteiger partial charge in [-0.1, -0.05) is 25.0 Å². The molecule has 2 N–H and O–H groups in total. The first kappa shape index (κ1) is 18.0. The van der Waals surface area contributed by atoms with Crippen molar-refractivity contribution in [1.82, 2.24) is 0 Å². The number of aliphatic hydroxyl groups excluding tert-OH is 1. The number of aliphatic hydroxyl groups is 1. The third kappa shape index (κ3) is 4.13. The average molecular weight is 328 g/mol. The Hall–Kier alpha value is -2.36. The number of Topliss-reactive ketones (excluding diaryl/α,β-unsaturated/α-hetero) is 1. The second kappa shape index (κ2) is 8.48. The molecular weight excluding hydrogens is 304 g/mol. The Morgan fingerprint density at radius 2 is 1.96 bits per heavy atom. The van der Waals surface area contributed by atoms with Crippen LogP contribution >= 0.6 is 0 Å². The zero-order valence-corrected chi connectivity index (χ0v) is 14.0. The number of hydrogen-bond acceptors (Lipinski definition) is 3. The number of hydrogen-bond donors (Lipinski definition) is 2. The van der Waals surface area contributed by atoms with Crippen molar-refractivity contribution < 1.29 is 19.8 Å². The first-order valence-corrected chi connectivity index (χ1v) is 8.49. The van der Waals surface area contributed by atoms with E-state index in [4.69, 9.17) is 5.11 Å². The van der Waals surface area contributed by atoms with E-state index in [0.29, 0.717) is 12.8 Å². The highest BCUT2D eigenvalue weighted by Crippen LogP contribution is 2.35. The maximum Gasteiger partial charge on any atom is 0.336 e. The summed E-state index contributed by atoms with van der Waals surface area (Å²) in [6.45, 7) is 2.12. The fourth-order valence-corrected chi connectivity index (χ4v) is 2.98. The smallest absolute Gasteiger partial charge is 0.336 e. The van der Waals surface area contributed by atoms with Gasteiger partial charge in [-0.15, -0.1) is 0 Å². The lowest BCUT2D eigenvalue weighted by Gasteiger charge is -2.23. The lowest BCUT2D eigenvalue weighted by atomic mass is 9.80. The van der Waals surface area contributed by atoms with Crippen LogP contribution < -0.4 is 0 Å². The number of carbonyl (C=O) groups excluding carboxylic acids is 1. The standard InChI is InChI=1S/C20H24O4/c1-2-3-7-15-9-11-16(15)19(22)18-13-14(6-4-5-12-21)8-10-17(18)20(23)24/h5,8,10,12-13,21H,2-4,6-7,9,11H2,1H3,(H,23,24)/b12-5+. The third-order valence-electron chi connectivity index (χ3n) is 4.47. The first-order valence-electron chi connectivity index (χ1n) is 8.49. The highest BCUT2D eigenvalue weighted by Gasteiger charge is 2.27. The summed E-state index contributed by atoms with van der Waals surface area (Å²) in [5.74, 6) is -1.21. The van der Waals surface area contributed by atoms with Crippen LogP contribution in [0.2, 0.25) is 0 Å². The fourth-order valence-electron chi connectivity index (χ4n) is 2.98. The number of carbonyl (C=O) groups is 2. The molecular formula is C20H24O4. The number of rotatable bonds is 9. The molecule has 0 aliphatic heterocycles. The summed E-state index contributed by atoms with van der Waals surface area (Å²) >= 11 is 0. The lowest BCUT2D eigenvalue weighted by molar-refractivity contribution is 0.0692. The van der Waals surface area contributed by atoms with E-state index in [1.165, 1.54) is 11.6 Å². The fraction of sp³-hybridized carbons (Fsp3) is 0.400. The predicted octanol–water partition coefficient (Wildman–Crippen LogP) is 4.85. The molecule has 1 aliphatic carbocycles. The SMILES string of the molecule is CCCCC1=C(C(=O)c2cc(CC/C=C/O)ccc2C(=O)O)CC1. The summed E-state index contributed by atoms with van der Waals surface area (Å²) in [5.41, 5.74) is 3.24. The first-order chi connectivity index (χ1) is 11.6. The molecule has 24 heavy (non-hydrogen) atoms. The Morgan fingerprint density at radius 3 is 2.54 bits per heavy atom. The molecule has 0 bridgehead atoms. The Morgan fingerprint density at radius 1 is 1.17 bits per heavy atom. The van der Waals surface area contributed by atoms with Crippen molar-refractivity contribution in [1.29, 1.82) is 0 Å². The normalized spacial score (nSPS) is 14.0. The molecule has 1 aliphatic rings. The molecule has 0 unspecified atom stereocenters. The molecule has 4 heteroatoms. The third-order valence-corrected chi connectivity index (χ3v) is 4.47. The predicted molar refractivity (Wildman–Crippen MR) is 93.6 cm³/mol. The minimum atomic E-state index is -1.07. The van der Waals surface area contributed by atoms with Crippen LogP contribution in [0.3, 0.4) is 0 Å². The number of ketones is 1. The second-order valence-electron chi connectivity index (χ2n) is 6.12. The lowest BCUT2D eigenvalue weighted by Crippen LogP contribution is -2.18. The summed E-state index contributed by atoms with van der Waals surface area (Å²) in [4.78, 5) is 24.3. The van der Waals surface area contributed by atoms with Crippen molar-refractivity contribution in [3.05, 3.63) is 58.4 Å². The maximum absolute atomic E-state index is 12.8. The van der Waals surface area contributed by atoms with Crippen molar-refractivity contribution in [2.45, 2.75) is 51.9 Å². The maximum atomic E-state index is 12.8. The minimum Gasteiger partial charge on any atom is -0.516 e. The molecule has 4 nitrogen and oxygen atoms in total. The van der Waals surface area contributed by atoms with E-state index in [-0.39, 0.29) is 16.9 Å². The van der Waals surface area contributed by atoms with E-state index < -0.39 is 5.97 Å². The Balaban J connectivity index is 2.30. The van der Waals surface area contributed by atoms with Crippen LogP contribution in [0.25, 0.3) is 0 Å². The Labute approximate surface area is 142 Å². The highest BCUT2D eigenvalue weighted by atomic mass is 16.4. The van der Waals surface area contributed by atoms with Crippen LogP contribution in [0.4, 0.5) is 0 Å². The summed E-state index contributed by atoms with van der Waals surface area (Å²) in [5, 5.41) is 18.1. The van der Waals surface area contributed by atoms with E-state index in [1.807, 2.05) is 0 Å². The van der Waals surface area contributed by atoms with Gasteiger partial charge in [-0.2, -0.15) is 0 Å². The van der Waals surface area contributed by atoms with Crippen LogP contribution in [0.15, 0.2) is 41.7 Å². The van der Waals surface area contributed by atoms with Gasteiger partial charge in [-0.25, -0.2) is 4.79 Å². The van der Waals surface area contributed by atoms with E-state index in [1.54, 1.807) is 18.2 Å². The van der Waals surface area contributed by atoms with Crippen molar-refractivity contribution in [2.75, 3.05) is 0 Å². The quantitative estimate of drug-likeness (QED) is 0.502. The molecule has 0 amide bonds. The van der Waals surface area contributed by atoms with Crippen LogP contribution in [0, 0.1) is 0 Å². The van der Waals surface area contributed by atoms with Gasteiger partial charge in [0.1, 0.15) is 0 Å². The van der Waals surface area contributed by atoms with E-state index in [0.717, 1.165) is 49.5 Å². The number of aromatic carboxylic acids is 1. The van der Waals surface area contributed by atoms with Crippen molar-refractivity contribution >= 4 is 11.8 Å². The number of benzene rings is 1. The van der Waals surface area contributed by atoms with Gasteiger partial charge in [-0.3, -0.25) is 4.79 Å².